The minimum atomic E-state index is -1.51. The molecule has 6 nitrogen and oxygen atoms in total. The Morgan fingerprint density at radius 3 is 2.62 bits per heavy atom. The average molecular weight is 187 g/mol. The summed E-state index contributed by atoms with van der Waals surface area (Å²) in [6.45, 7) is 0.492. The number of nitrogens with two attached hydrogens (primary N) is 2. The Morgan fingerprint density at radius 2 is 2.15 bits per heavy atom. The summed E-state index contributed by atoms with van der Waals surface area (Å²) in [5.41, 5.74) is 10.4. The number of carbonyl (C=O) groups is 1. The Kier molecular flexibility index (Phi) is 3.26. The Bertz CT molecular complexity index is 200. The van der Waals surface area contributed by atoms with Gasteiger partial charge in [0.05, 0.1) is 5.94 Å². The molecule has 1 aliphatic heterocycles. The zero-order valence-corrected chi connectivity index (χ0v) is 7.26. The van der Waals surface area contributed by atoms with Gasteiger partial charge in [0, 0.05) is 6.54 Å². The number of hydrogen-bond donors (Lipinski definition) is 4. The van der Waals surface area contributed by atoms with Crippen molar-refractivity contribution in [1.82, 2.24) is 4.90 Å². The van der Waals surface area contributed by atoms with Gasteiger partial charge in [-0.25, -0.2) is 0 Å². The summed E-state index contributed by atoms with van der Waals surface area (Å²) in [6, 6.07) is 0. The van der Waals surface area contributed by atoms with Crippen molar-refractivity contribution in [2.24, 2.45) is 11.5 Å². The molecule has 0 spiro atoms. The molecule has 1 aliphatic rings. The van der Waals surface area contributed by atoms with Gasteiger partial charge in [0.1, 0.15) is 6.17 Å². The molecule has 74 valence electrons. The van der Waals surface area contributed by atoms with E-state index in [4.69, 9.17) is 21.5 Å². The van der Waals surface area contributed by atoms with Crippen LogP contribution in [0.3, 0.4) is 0 Å². The summed E-state index contributed by atoms with van der Waals surface area (Å²) >= 11 is 0. The molecule has 1 amide bonds. The molecule has 0 bridgehead atoms. The fourth-order valence-corrected chi connectivity index (χ4v) is 1.57. The summed E-state index contributed by atoms with van der Waals surface area (Å²) < 4.78 is 0. The zero-order chi connectivity index (χ0) is 10.0. The number of amides is 1. The third kappa shape index (κ3) is 2.19. The number of carbonyl (C=O) groups excluding carboxylic acids is 1. The van der Waals surface area contributed by atoms with E-state index in [-0.39, 0.29) is 0 Å². The number of likely N-dealkylation sites (tertiary alicyclic amines) is 1. The van der Waals surface area contributed by atoms with Crippen molar-refractivity contribution in [3.05, 3.63) is 0 Å². The van der Waals surface area contributed by atoms with E-state index >= 15 is 0 Å². The van der Waals surface area contributed by atoms with E-state index in [1.807, 2.05) is 0 Å². The number of hydrogen-bond acceptors (Lipinski definition) is 5. The highest BCUT2D eigenvalue weighted by atomic mass is 16.4. The molecule has 1 rings (SSSR count). The summed E-state index contributed by atoms with van der Waals surface area (Å²) in [5.74, 6) is -0.988. The van der Waals surface area contributed by atoms with E-state index in [0.717, 1.165) is 6.42 Å². The van der Waals surface area contributed by atoms with Crippen LogP contribution in [-0.4, -0.2) is 46.6 Å². The van der Waals surface area contributed by atoms with Gasteiger partial charge in [-0.2, -0.15) is 0 Å². The highest BCUT2D eigenvalue weighted by Crippen LogP contribution is 2.17. The van der Waals surface area contributed by atoms with Crippen molar-refractivity contribution in [1.29, 1.82) is 0 Å². The standard InChI is InChI=1S/C6H14BN3O3/c8-5(9)6(11)10-3-1-2-4(10)7(12)13/h4-5,12-13H,1-3,8-9H2. The Labute approximate surface area is 76.6 Å². The van der Waals surface area contributed by atoms with Crippen LogP contribution in [0.1, 0.15) is 12.8 Å². The van der Waals surface area contributed by atoms with Crippen molar-refractivity contribution >= 4 is 13.0 Å². The number of nitrogens with zero attached hydrogens (tertiary/aromatic N) is 1. The van der Waals surface area contributed by atoms with Gasteiger partial charge >= 0.3 is 7.12 Å². The molecule has 1 heterocycles. The maximum Gasteiger partial charge on any atom is 0.475 e. The first-order valence-electron chi connectivity index (χ1n) is 4.22. The van der Waals surface area contributed by atoms with E-state index < -0.39 is 25.1 Å². The van der Waals surface area contributed by atoms with Crippen molar-refractivity contribution in [3.8, 4) is 0 Å². The summed E-state index contributed by atoms with van der Waals surface area (Å²) in [6.07, 6.45) is 0.260. The summed E-state index contributed by atoms with van der Waals surface area (Å²) in [4.78, 5) is 12.6. The lowest BCUT2D eigenvalue weighted by molar-refractivity contribution is -0.132. The Morgan fingerprint density at radius 1 is 1.54 bits per heavy atom. The molecule has 1 unspecified atom stereocenters. The van der Waals surface area contributed by atoms with Crippen LogP contribution in [-0.2, 0) is 4.79 Å². The molecular formula is C6H14BN3O3. The highest BCUT2D eigenvalue weighted by molar-refractivity contribution is 6.43. The van der Waals surface area contributed by atoms with Crippen molar-refractivity contribution in [2.75, 3.05) is 6.54 Å². The molecule has 1 atom stereocenters. The van der Waals surface area contributed by atoms with Gasteiger partial charge in [-0.3, -0.25) is 4.79 Å². The third-order valence-electron chi connectivity index (χ3n) is 2.21. The lowest BCUT2D eigenvalue weighted by Crippen LogP contribution is -2.54. The first-order valence-corrected chi connectivity index (χ1v) is 4.22. The minimum Gasteiger partial charge on any atom is -0.426 e. The minimum absolute atomic E-state index is 0.435. The van der Waals surface area contributed by atoms with Crippen LogP contribution >= 0.6 is 0 Å². The van der Waals surface area contributed by atoms with E-state index in [1.54, 1.807) is 0 Å². The molecule has 0 aromatic rings. The van der Waals surface area contributed by atoms with Gasteiger partial charge in [0.2, 0.25) is 0 Å². The number of rotatable bonds is 2. The molecule has 0 radical (unpaired) electrons. The van der Waals surface area contributed by atoms with Crippen LogP contribution in [0.2, 0.25) is 0 Å². The first kappa shape index (κ1) is 10.5. The summed E-state index contributed by atoms with van der Waals surface area (Å²) in [5, 5.41) is 17.9. The summed E-state index contributed by atoms with van der Waals surface area (Å²) in [7, 11) is -1.51. The largest absolute Gasteiger partial charge is 0.475 e. The smallest absolute Gasteiger partial charge is 0.426 e. The normalized spacial score (nSPS) is 22.5. The third-order valence-corrected chi connectivity index (χ3v) is 2.21. The first-order chi connectivity index (χ1) is 6.04. The van der Waals surface area contributed by atoms with E-state index in [9.17, 15) is 4.79 Å². The van der Waals surface area contributed by atoms with Gasteiger partial charge in [-0.05, 0) is 12.8 Å². The quantitative estimate of drug-likeness (QED) is 0.276. The zero-order valence-electron chi connectivity index (χ0n) is 7.26. The molecule has 0 saturated carbocycles. The highest BCUT2D eigenvalue weighted by Gasteiger charge is 2.37. The molecule has 7 heteroatoms. The van der Waals surface area contributed by atoms with Crippen molar-refractivity contribution < 1.29 is 14.8 Å². The molecule has 6 N–H and O–H groups in total. The maximum atomic E-state index is 11.3. The van der Waals surface area contributed by atoms with E-state index in [0.29, 0.717) is 13.0 Å². The van der Waals surface area contributed by atoms with Gasteiger partial charge in [-0.15, -0.1) is 0 Å². The van der Waals surface area contributed by atoms with Crippen LogP contribution in [0.15, 0.2) is 0 Å². The van der Waals surface area contributed by atoms with Gasteiger partial charge in [-0.1, -0.05) is 0 Å². The van der Waals surface area contributed by atoms with Gasteiger partial charge in [0.25, 0.3) is 5.91 Å². The molecule has 0 aromatic heterocycles. The van der Waals surface area contributed by atoms with Gasteiger partial charge < -0.3 is 26.4 Å². The SMILES string of the molecule is NC(N)C(=O)N1CCCC1B(O)O. The van der Waals surface area contributed by atoms with Crippen LogP contribution in [0.25, 0.3) is 0 Å². The predicted octanol–water partition coefficient (Wildman–Crippen LogP) is -2.77. The van der Waals surface area contributed by atoms with E-state index in [2.05, 4.69) is 0 Å². The van der Waals surface area contributed by atoms with Crippen molar-refractivity contribution in [2.45, 2.75) is 24.9 Å². The fourth-order valence-electron chi connectivity index (χ4n) is 1.57. The Hall–Kier alpha value is -0.625. The molecule has 13 heavy (non-hydrogen) atoms. The lowest BCUT2D eigenvalue weighted by atomic mass is 9.78. The molecular weight excluding hydrogens is 173 g/mol. The van der Waals surface area contributed by atoms with Crippen LogP contribution in [0.4, 0.5) is 0 Å². The maximum absolute atomic E-state index is 11.3. The monoisotopic (exact) mass is 187 g/mol. The second-order valence-electron chi connectivity index (χ2n) is 3.18. The second-order valence-corrected chi connectivity index (χ2v) is 3.18. The van der Waals surface area contributed by atoms with Crippen LogP contribution < -0.4 is 11.5 Å². The van der Waals surface area contributed by atoms with Crippen LogP contribution in [0, 0.1) is 0 Å². The lowest BCUT2D eigenvalue weighted by Gasteiger charge is -2.25. The second kappa shape index (κ2) is 4.06. The molecule has 1 fully saturated rings. The molecule has 0 aromatic carbocycles. The van der Waals surface area contributed by atoms with Crippen molar-refractivity contribution in [3.63, 3.8) is 0 Å². The van der Waals surface area contributed by atoms with Gasteiger partial charge in [0.15, 0.2) is 0 Å². The molecule has 1 saturated heterocycles. The average Bonchev–Trinajstić information content (AvgIpc) is 2.50. The fraction of sp³-hybridized carbons (Fsp3) is 0.833. The predicted molar refractivity (Wildman–Crippen MR) is 47.1 cm³/mol. The van der Waals surface area contributed by atoms with E-state index in [1.165, 1.54) is 4.90 Å². The Balaban J connectivity index is 2.63. The molecule has 0 aliphatic carbocycles. The van der Waals surface area contributed by atoms with Crippen LogP contribution in [0.5, 0.6) is 0 Å². The topological polar surface area (TPSA) is 113 Å².